The van der Waals surface area contributed by atoms with Crippen molar-refractivity contribution >= 4 is 18.7 Å². The highest BCUT2D eigenvalue weighted by Crippen LogP contribution is 2.53. The largest absolute Gasteiger partial charge is 0.420 e. The summed E-state index contributed by atoms with van der Waals surface area (Å²) < 4.78 is 35.8. The molecule has 0 N–H and O–H groups in total. The van der Waals surface area contributed by atoms with E-state index in [1.54, 1.807) is 13.8 Å². The molecule has 0 amide bonds. The summed E-state index contributed by atoms with van der Waals surface area (Å²) in [5.74, 6) is 0.393. The third-order valence-electron chi connectivity index (χ3n) is 2.04. The average molecular weight is 267 g/mol. The van der Waals surface area contributed by atoms with Crippen LogP contribution in [0, 0.1) is 0 Å². The molecule has 0 aromatic carbocycles. The SMILES string of the molecule is CCOP(=O)(OCC)N1CC=C(C)CS1=O. The molecule has 0 radical (unpaired) electrons. The minimum absolute atomic E-state index is 0.272. The second-order valence-electron chi connectivity index (χ2n) is 3.36. The van der Waals surface area contributed by atoms with Gasteiger partial charge in [0, 0.05) is 6.54 Å². The molecule has 94 valence electrons. The highest BCUT2D eigenvalue weighted by Gasteiger charge is 2.38. The van der Waals surface area contributed by atoms with Crippen LogP contribution >= 0.6 is 7.75 Å². The van der Waals surface area contributed by atoms with Crippen LogP contribution in [0.2, 0.25) is 0 Å². The van der Waals surface area contributed by atoms with Crippen molar-refractivity contribution in [2.24, 2.45) is 0 Å². The van der Waals surface area contributed by atoms with E-state index < -0.39 is 18.7 Å². The lowest BCUT2D eigenvalue weighted by Crippen LogP contribution is -2.31. The van der Waals surface area contributed by atoms with Crippen molar-refractivity contribution in [2.45, 2.75) is 20.8 Å². The summed E-state index contributed by atoms with van der Waals surface area (Å²) in [4.78, 5) is 0. The minimum Gasteiger partial charge on any atom is -0.296 e. The molecule has 1 heterocycles. The van der Waals surface area contributed by atoms with E-state index in [0.717, 1.165) is 5.57 Å². The normalized spacial score (nSPS) is 23.2. The first-order chi connectivity index (χ1) is 7.53. The molecule has 1 unspecified atom stereocenters. The molecule has 0 bridgehead atoms. The molecule has 16 heavy (non-hydrogen) atoms. The maximum absolute atomic E-state index is 12.3. The van der Waals surface area contributed by atoms with Gasteiger partial charge in [0.1, 0.15) is 11.0 Å². The Morgan fingerprint density at radius 3 is 2.44 bits per heavy atom. The topological polar surface area (TPSA) is 55.8 Å². The fourth-order valence-corrected chi connectivity index (χ4v) is 4.86. The van der Waals surface area contributed by atoms with Crippen LogP contribution in [0.3, 0.4) is 0 Å². The molecule has 0 spiro atoms. The van der Waals surface area contributed by atoms with Gasteiger partial charge in [-0.2, -0.15) is 0 Å². The van der Waals surface area contributed by atoms with E-state index in [2.05, 4.69) is 0 Å². The van der Waals surface area contributed by atoms with Crippen LogP contribution in [0.4, 0.5) is 0 Å². The van der Waals surface area contributed by atoms with Crippen molar-refractivity contribution in [1.29, 1.82) is 0 Å². The summed E-state index contributed by atoms with van der Waals surface area (Å²) in [5, 5.41) is 0. The van der Waals surface area contributed by atoms with E-state index in [9.17, 15) is 8.77 Å². The fourth-order valence-electron chi connectivity index (χ4n) is 1.35. The van der Waals surface area contributed by atoms with Gasteiger partial charge < -0.3 is 0 Å². The molecule has 1 aliphatic rings. The van der Waals surface area contributed by atoms with E-state index in [-0.39, 0.29) is 13.2 Å². The first-order valence-corrected chi connectivity index (χ1v) is 8.02. The molecule has 5 nitrogen and oxygen atoms in total. The summed E-state index contributed by atoms with van der Waals surface area (Å²) in [6.45, 7) is 6.26. The fraction of sp³-hybridized carbons (Fsp3) is 0.778. The van der Waals surface area contributed by atoms with Crippen LogP contribution in [-0.4, -0.2) is 33.8 Å². The van der Waals surface area contributed by atoms with Gasteiger partial charge >= 0.3 is 7.75 Å². The van der Waals surface area contributed by atoms with E-state index in [0.29, 0.717) is 12.3 Å². The molecule has 0 aliphatic carbocycles. The monoisotopic (exact) mass is 267 g/mol. The van der Waals surface area contributed by atoms with Gasteiger partial charge in [0.2, 0.25) is 0 Å². The summed E-state index contributed by atoms with van der Waals surface area (Å²) in [5.41, 5.74) is 1.04. The molecule has 0 saturated carbocycles. The van der Waals surface area contributed by atoms with Crippen molar-refractivity contribution in [1.82, 2.24) is 4.08 Å². The van der Waals surface area contributed by atoms with Gasteiger partial charge in [-0.15, -0.1) is 4.08 Å². The van der Waals surface area contributed by atoms with Gasteiger partial charge in [-0.25, -0.2) is 8.77 Å². The molecule has 1 atom stereocenters. The Hall–Kier alpha value is -0.0000000000000000555. The Morgan fingerprint density at radius 1 is 1.44 bits per heavy atom. The Kier molecular flexibility index (Phi) is 5.34. The zero-order valence-corrected chi connectivity index (χ0v) is 11.6. The van der Waals surface area contributed by atoms with Crippen LogP contribution in [0.5, 0.6) is 0 Å². The van der Waals surface area contributed by atoms with Crippen LogP contribution < -0.4 is 0 Å². The summed E-state index contributed by atoms with van der Waals surface area (Å²) in [7, 11) is -4.72. The molecular weight excluding hydrogens is 249 g/mol. The molecule has 0 saturated heterocycles. The standard InChI is InChI=1S/C9H18NO4PS/c1-4-13-15(11,14-5-2)10-7-6-9(3)8-16(10)12/h6H,4-5,7-8H2,1-3H3. The number of hydrogen-bond donors (Lipinski definition) is 0. The summed E-state index contributed by atoms with van der Waals surface area (Å²) in [6.07, 6.45) is 1.89. The zero-order chi connectivity index (χ0) is 12.2. The third kappa shape index (κ3) is 3.25. The van der Waals surface area contributed by atoms with Crippen molar-refractivity contribution in [3.8, 4) is 0 Å². The zero-order valence-electron chi connectivity index (χ0n) is 9.84. The van der Waals surface area contributed by atoms with Gasteiger partial charge in [-0.1, -0.05) is 11.6 Å². The predicted molar refractivity (Wildman–Crippen MR) is 64.3 cm³/mol. The Bertz CT molecular complexity index is 334. The Balaban J connectivity index is 2.87. The van der Waals surface area contributed by atoms with Gasteiger partial charge in [-0.05, 0) is 20.8 Å². The van der Waals surface area contributed by atoms with Crippen molar-refractivity contribution in [2.75, 3.05) is 25.5 Å². The molecule has 1 rings (SSSR count). The lowest BCUT2D eigenvalue weighted by Gasteiger charge is -2.29. The number of hydrogen-bond acceptors (Lipinski definition) is 4. The highest BCUT2D eigenvalue weighted by molar-refractivity contribution is 7.88. The maximum Gasteiger partial charge on any atom is 0.420 e. The molecule has 1 aliphatic heterocycles. The quantitative estimate of drug-likeness (QED) is 0.565. The average Bonchev–Trinajstić information content (AvgIpc) is 2.17. The maximum atomic E-state index is 12.3. The Morgan fingerprint density at radius 2 is 2.00 bits per heavy atom. The van der Waals surface area contributed by atoms with Crippen LogP contribution in [0.15, 0.2) is 11.6 Å². The second-order valence-corrected chi connectivity index (χ2v) is 6.93. The van der Waals surface area contributed by atoms with E-state index in [1.165, 1.54) is 4.08 Å². The molecule has 0 fully saturated rings. The van der Waals surface area contributed by atoms with Crippen LogP contribution in [-0.2, 0) is 24.6 Å². The first kappa shape index (κ1) is 14.1. The highest BCUT2D eigenvalue weighted by atomic mass is 32.2. The molecule has 0 aromatic heterocycles. The number of nitrogens with zero attached hydrogens (tertiary/aromatic N) is 1. The van der Waals surface area contributed by atoms with Crippen molar-refractivity contribution in [3.63, 3.8) is 0 Å². The van der Waals surface area contributed by atoms with Gasteiger partial charge in [0.05, 0.1) is 19.0 Å². The van der Waals surface area contributed by atoms with E-state index in [4.69, 9.17) is 9.05 Å². The van der Waals surface area contributed by atoms with E-state index in [1.807, 2.05) is 13.0 Å². The smallest absolute Gasteiger partial charge is 0.296 e. The third-order valence-corrected chi connectivity index (χ3v) is 6.39. The number of rotatable bonds is 5. The van der Waals surface area contributed by atoms with Crippen molar-refractivity contribution in [3.05, 3.63) is 11.6 Å². The first-order valence-electron chi connectivity index (χ1n) is 5.24. The lowest BCUT2D eigenvalue weighted by atomic mass is 10.3. The molecular formula is C9H18NO4PS. The lowest BCUT2D eigenvalue weighted by molar-refractivity contribution is 0.195. The summed E-state index contributed by atoms with van der Waals surface area (Å²) >= 11 is 0. The predicted octanol–water partition coefficient (Wildman–Crippen LogP) is 2.09. The van der Waals surface area contributed by atoms with Gasteiger partial charge in [0.15, 0.2) is 0 Å². The minimum atomic E-state index is -3.39. The van der Waals surface area contributed by atoms with Gasteiger partial charge in [-0.3, -0.25) is 9.05 Å². The second kappa shape index (κ2) is 6.07. The molecule has 0 aromatic rings. The van der Waals surface area contributed by atoms with Gasteiger partial charge in [0.25, 0.3) is 0 Å². The van der Waals surface area contributed by atoms with Crippen LogP contribution in [0.25, 0.3) is 0 Å². The van der Waals surface area contributed by atoms with Crippen LogP contribution in [0.1, 0.15) is 20.8 Å². The Labute approximate surface area is 99.0 Å². The van der Waals surface area contributed by atoms with Crippen molar-refractivity contribution < 1.29 is 17.8 Å². The summed E-state index contributed by atoms with van der Waals surface area (Å²) in [6, 6.07) is 0. The van der Waals surface area contributed by atoms with E-state index >= 15 is 0 Å². The molecule has 7 heteroatoms.